The van der Waals surface area contributed by atoms with Gasteiger partial charge in [0, 0.05) is 36.8 Å². The van der Waals surface area contributed by atoms with Crippen molar-refractivity contribution < 1.29 is 18.6 Å². The van der Waals surface area contributed by atoms with E-state index in [2.05, 4.69) is 25.3 Å². The minimum Gasteiger partial charge on any atom is -0.427 e. The van der Waals surface area contributed by atoms with Gasteiger partial charge in [0.2, 0.25) is 11.6 Å². The van der Waals surface area contributed by atoms with Crippen LogP contribution in [0.25, 0.3) is 16.3 Å². The van der Waals surface area contributed by atoms with Gasteiger partial charge in [0.05, 0.1) is 0 Å². The third-order valence-corrected chi connectivity index (χ3v) is 5.83. The van der Waals surface area contributed by atoms with Crippen LogP contribution in [0, 0.1) is 0 Å². The number of nitrogens with zero attached hydrogens (tertiary/aromatic N) is 5. The predicted molar refractivity (Wildman–Crippen MR) is 98.9 cm³/mol. The molecule has 2 fully saturated rings. The van der Waals surface area contributed by atoms with E-state index in [4.69, 9.17) is 9.84 Å². The molecule has 0 aliphatic carbocycles. The van der Waals surface area contributed by atoms with Gasteiger partial charge >= 0.3 is 6.11 Å². The van der Waals surface area contributed by atoms with E-state index in [1.54, 1.807) is 12.3 Å². The van der Waals surface area contributed by atoms with Crippen molar-refractivity contribution in [1.29, 1.82) is 0 Å². The Hall–Kier alpha value is -2.37. The normalized spacial score (nSPS) is 22.2. The summed E-state index contributed by atoms with van der Waals surface area (Å²) in [5.74, 6) is 0.329. The molecule has 2 unspecified atom stereocenters. The number of hydrogen-bond acceptors (Lipinski definition) is 8. The molecule has 2 aliphatic rings. The van der Waals surface area contributed by atoms with Gasteiger partial charge in [0.25, 0.3) is 0 Å². The Morgan fingerprint density at radius 2 is 2.07 bits per heavy atom. The van der Waals surface area contributed by atoms with Crippen LogP contribution >= 0.6 is 11.3 Å². The van der Waals surface area contributed by atoms with Crippen LogP contribution in [-0.2, 0) is 0 Å². The number of anilines is 1. The van der Waals surface area contributed by atoms with E-state index in [-0.39, 0.29) is 11.4 Å². The average molecular weight is 408 g/mol. The molecule has 8 nitrogen and oxygen atoms in total. The average Bonchev–Trinajstić information content (AvgIpc) is 3.42. The molecular formula is C17H18F2N6O2S. The highest BCUT2D eigenvalue weighted by molar-refractivity contribution is 7.13. The standard InChI is InChI=1S/C17H18F2N6O2S/c18-17(19,9-26)27-13-4-3-12(15-20-5-6-28-15)25-14(13)22-16(23-25)24-7-10-1-2-11(8-24)21-10/h3-6,10-11,21,26H,1-2,7-9H2. The molecule has 5 heterocycles. The number of halogens is 2. The number of ether oxygens (including phenoxy) is 1. The first-order valence-electron chi connectivity index (χ1n) is 9.01. The molecule has 28 heavy (non-hydrogen) atoms. The van der Waals surface area contributed by atoms with E-state index in [0.717, 1.165) is 25.9 Å². The monoisotopic (exact) mass is 408 g/mol. The summed E-state index contributed by atoms with van der Waals surface area (Å²) in [7, 11) is 0. The van der Waals surface area contributed by atoms with Gasteiger partial charge in [-0.05, 0) is 25.0 Å². The second kappa shape index (κ2) is 6.61. The fourth-order valence-electron chi connectivity index (χ4n) is 3.81. The van der Waals surface area contributed by atoms with Crippen LogP contribution in [0.3, 0.4) is 0 Å². The lowest BCUT2D eigenvalue weighted by Gasteiger charge is -2.31. The minimum absolute atomic E-state index is 0.142. The molecule has 148 valence electrons. The second-order valence-corrected chi connectivity index (χ2v) is 7.90. The molecule has 2 aliphatic heterocycles. The maximum atomic E-state index is 13.7. The van der Waals surface area contributed by atoms with Gasteiger partial charge in [-0.2, -0.15) is 13.8 Å². The number of aliphatic hydroxyl groups excluding tert-OH is 1. The van der Waals surface area contributed by atoms with Crippen LogP contribution in [0.5, 0.6) is 5.75 Å². The lowest BCUT2D eigenvalue weighted by atomic mass is 10.2. The molecule has 0 radical (unpaired) electrons. The van der Waals surface area contributed by atoms with E-state index < -0.39 is 12.7 Å². The molecule has 0 saturated carbocycles. The molecule has 3 aromatic heterocycles. The van der Waals surface area contributed by atoms with Gasteiger partial charge in [-0.15, -0.1) is 16.4 Å². The molecule has 0 aromatic carbocycles. The third-order valence-electron chi connectivity index (χ3n) is 5.03. The molecule has 0 spiro atoms. The number of pyridine rings is 1. The van der Waals surface area contributed by atoms with Crippen molar-refractivity contribution in [3.05, 3.63) is 23.7 Å². The second-order valence-electron chi connectivity index (χ2n) is 7.01. The van der Waals surface area contributed by atoms with E-state index >= 15 is 0 Å². The SMILES string of the molecule is OCC(F)(F)Oc1ccc(-c2nccs2)n2nc(N3CC4CCC(C3)N4)nc12. The van der Waals surface area contributed by atoms with E-state index in [1.807, 2.05) is 5.38 Å². The molecule has 2 atom stereocenters. The first-order valence-corrected chi connectivity index (χ1v) is 9.89. The fourth-order valence-corrected chi connectivity index (χ4v) is 4.45. The summed E-state index contributed by atoms with van der Waals surface area (Å²) in [4.78, 5) is 10.9. The Morgan fingerprint density at radius 1 is 1.29 bits per heavy atom. The number of hydrogen-bond donors (Lipinski definition) is 2. The van der Waals surface area contributed by atoms with Gasteiger partial charge in [0.1, 0.15) is 17.3 Å². The van der Waals surface area contributed by atoms with Crippen LogP contribution in [0.15, 0.2) is 23.7 Å². The molecule has 3 aromatic rings. The summed E-state index contributed by atoms with van der Waals surface area (Å²) in [6.07, 6.45) is 0.178. The minimum atomic E-state index is -3.70. The largest absolute Gasteiger partial charge is 0.427 e. The zero-order valence-corrected chi connectivity index (χ0v) is 15.6. The maximum absolute atomic E-state index is 13.7. The molecule has 2 N–H and O–H groups in total. The number of thiazole rings is 1. The smallest absolute Gasteiger partial charge is 0.421 e. The fraction of sp³-hybridized carbons (Fsp3) is 0.471. The van der Waals surface area contributed by atoms with Crippen molar-refractivity contribution in [3.63, 3.8) is 0 Å². The lowest BCUT2D eigenvalue weighted by Crippen LogP contribution is -2.51. The van der Waals surface area contributed by atoms with Crippen molar-refractivity contribution in [2.45, 2.75) is 31.0 Å². The molecule has 11 heteroatoms. The highest BCUT2D eigenvalue weighted by atomic mass is 32.1. The van der Waals surface area contributed by atoms with E-state index in [9.17, 15) is 8.78 Å². The zero-order chi connectivity index (χ0) is 19.3. The Morgan fingerprint density at radius 3 is 2.75 bits per heavy atom. The van der Waals surface area contributed by atoms with Gasteiger partial charge < -0.3 is 20.1 Å². The highest BCUT2D eigenvalue weighted by Crippen LogP contribution is 2.32. The van der Waals surface area contributed by atoms with Crippen molar-refractivity contribution in [2.24, 2.45) is 0 Å². The number of aliphatic hydroxyl groups is 1. The van der Waals surface area contributed by atoms with Crippen LogP contribution < -0.4 is 15.0 Å². The summed E-state index contributed by atoms with van der Waals surface area (Å²) in [5, 5.41) is 19.5. The number of rotatable bonds is 5. The molecule has 2 bridgehead atoms. The predicted octanol–water partition coefficient (Wildman–Crippen LogP) is 1.76. The summed E-state index contributed by atoms with van der Waals surface area (Å²) in [5.41, 5.74) is 0.809. The highest BCUT2D eigenvalue weighted by Gasteiger charge is 2.35. The zero-order valence-electron chi connectivity index (χ0n) is 14.8. The maximum Gasteiger partial charge on any atom is 0.421 e. The van der Waals surface area contributed by atoms with Gasteiger partial charge in [-0.3, -0.25) is 0 Å². The van der Waals surface area contributed by atoms with E-state index in [0.29, 0.717) is 28.7 Å². The molecule has 0 amide bonds. The van der Waals surface area contributed by atoms with Crippen molar-refractivity contribution in [1.82, 2.24) is 24.9 Å². The Labute approximate surface area is 162 Å². The topological polar surface area (TPSA) is 87.8 Å². The van der Waals surface area contributed by atoms with Gasteiger partial charge in [-0.1, -0.05) is 0 Å². The third kappa shape index (κ3) is 3.09. The summed E-state index contributed by atoms with van der Waals surface area (Å²) < 4.78 is 33.5. The lowest BCUT2D eigenvalue weighted by molar-refractivity contribution is -0.200. The van der Waals surface area contributed by atoms with E-state index in [1.165, 1.54) is 21.9 Å². The Balaban J connectivity index is 1.60. The first kappa shape index (κ1) is 17.7. The Bertz CT molecular complexity index is 983. The van der Waals surface area contributed by atoms with Crippen molar-refractivity contribution in [3.8, 4) is 16.5 Å². The quantitative estimate of drug-likeness (QED) is 0.665. The van der Waals surface area contributed by atoms with Crippen LogP contribution in [-0.4, -0.2) is 62.6 Å². The number of alkyl halides is 2. The number of aromatic nitrogens is 4. The summed E-state index contributed by atoms with van der Waals surface area (Å²) >= 11 is 1.42. The summed E-state index contributed by atoms with van der Waals surface area (Å²) in [6, 6.07) is 3.81. The first-order chi connectivity index (χ1) is 13.5. The van der Waals surface area contributed by atoms with Crippen LogP contribution in [0.2, 0.25) is 0 Å². The number of fused-ring (bicyclic) bond motifs is 3. The van der Waals surface area contributed by atoms with Crippen LogP contribution in [0.1, 0.15) is 12.8 Å². The molecule has 5 rings (SSSR count). The van der Waals surface area contributed by atoms with Gasteiger partial charge in [-0.25, -0.2) is 9.50 Å². The number of piperazine rings is 1. The van der Waals surface area contributed by atoms with Crippen LogP contribution in [0.4, 0.5) is 14.7 Å². The molecule has 2 saturated heterocycles. The Kier molecular flexibility index (Phi) is 4.18. The van der Waals surface area contributed by atoms with Crippen molar-refractivity contribution in [2.75, 3.05) is 24.6 Å². The number of nitrogens with one attached hydrogen (secondary N) is 1. The van der Waals surface area contributed by atoms with Gasteiger partial charge in [0.15, 0.2) is 5.75 Å². The summed E-state index contributed by atoms with van der Waals surface area (Å²) in [6.45, 7) is 0.113. The molecular weight excluding hydrogens is 390 g/mol. The van der Waals surface area contributed by atoms with Crippen molar-refractivity contribution >= 4 is 22.9 Å².